The van der Waals surface area contributed by atoms with Gasteiger partial charge in [-0.2, -0.15) is 0 Å². The summed E-state index contributed by atoms with van der Waals surface area (Å²) in [6, 6.07) is 3.98. The molecule has 0 saturated carbocycles. The molecule has 94 valence electrons. The van der Waals surface area contributed by atoms with E-state index >= 15 is 0 Å². The quantitative estimate of drug-likeness (QED) is 0.820. The Hall–Kier alpha value is -1.58. The third kappa shape index (κ3) is 3.19. The van der Waals surface area contributed by atoms with Crippen molar-refractivity contribution in [3.63, 3.8) is 0 Å². The zero-order chi connectivity index (χ0) is 13.0. The summed E-state index contributed by atoms with van der Waals surface area (Å²) in [5, 5.41) is 0. The summed E-state index contributed by atoms with van der Waals surface area (Å²) in [4.78, 5) is 14.0. The summed E-state index contributed by atoms with van der Waals surface area (Å²) in [6.45, 7) is 6.59. The highest BCUT2D eigenvalue weighted by Crippen LogP contribution is 2.17. The fourth-order valence-electron chi connectivity index (χ4n) is 1.72. The molecule has 0 saturated heterocycles. The Balaban J connectivity index is 3.01. The molecule has 0 bridgehead atoms. The molecule has 2 N–H and O–H groups in total. The number of carbonyl (C=O) groups excluding carboxylic acids is 1. The van der Waals surface area contributed by atoms with E-state index in [1.165, 1.54) is 18.2 Å². The van der Waals surface area contributed by atoms with Gasteiger partial charge in [-0.3, -0.25) is 4.79 Å². The molecule has 0 aromatic heterocycles. The second-order valence-electron chi connectivity index (χ2n) is 4.32. The van der Waals surface area contributed by atoms with Crippen molar-refractivity contribution in [1.82, 2.24) is 4.90 Å². The Morgan fingerprint density at radius 1 is 1.47 bits per heavy atom. The van der Waals surface area contributed by atoms with E-state index in [0.717, 1.165) is 6.42 Å². The summed E-state index contributed by atoms with van der Waals surface area (Å²) in [6.07, 6.45) is 0.880. The number of carbonyl (C=O) groups is 1. The molecule has 0 heterocycles. The molecule has 0 aliphatic rings. The van der Waals surface area contributed by atoms with Gasteiger partial charge in [-0.15, -0.1) is 0 Å². The van der Waals surface area contributed by atoms with Crippen molar-refractivity contribution in [3.8, 4) is 0 Å². The number of anilines is 1. The van der Waals surface area contributed by atoms with Crippen LogP contribution in [0.5, 0.6) is 0 Å². The minimum Gasteiger partial charge on any atom is -0.398 e. The minimum atomic E-state index is -0.425. The van der Waals surface area contributed by atoms with E-state index < -0.39 is 5.82 Å². The molecule has 4 heteroatoms. The first-order valence-electron chi connectivity index (χ1n) is 5.83. The predicted molar refractivity (Wildman–Crippen MR) is 67.3 cm³/mol. The lowest BCUT2D eigenvalue weighted by atomic mass is 10.1. The zero-order valence-electron chi connectivity index (χ0n) is 10.5. The third-order valence-corrected chi connectivity index (χ3v) is 2.59. The van der Waals surface area contributed by atoms with Gasteiger partial charge in [0, 0.05) is 18.3 Å². The first-order chi connectivity index (χ1) is 7.97. The Bertz CT molecular complexity index is 404. The number of amides is 1. The maximum Gasteiger partial charge on any atom is 0.256 e. The van der Waals surface area contributed by atoms with Crippen molar-refractivity contribution in [2.45, 2.75) is 33.2 Å². The van der Waals surface area contributed by atoms with Gasteiger partial charge >= 0.3 is 0 Å². The average Bonchev–Trinajstić information content (AvgIpc) is 2.24. The number of nitrogen functional groups attached to an aromatic ring is 1. The molecule has 0 aliphatic carbocycles. The van der Waals surface area contributed by atoms with Crippen LogP contribution in [0.2, 0.25) is 0 Å². The van der Waals surface area contributed by atoms with E-state index in [1.54, 1.807) is 4.90 Å². The first kappa shape index (κ1) is 13.5. The van der Waals surface area contributed by atoms with E-state index in [0.29, 0.717) is 12.1 Å². The van der Waals surface area contributed by atoms with Crippen molar-refractivity contribution in [2.75, 3.05) is 12.3 Å². The van der Waals surface area contributed by atoms with Crippen LogP contribution in [0.4, 0.5) is 10.1 Å². The third-order valence-electron chi connectivity index (χ3n) is 2.59. The van der Waals surface area contributed by atoms with Gasteiger partial charge in [0.05, 0.1) is 5.56 Å². The Morgan fingerprint density at radius 3 is 2.59 bits per heavy atom. The van der Waals surface area contributed by atoms with Gasteiger partial charge < -0.3 is 10.6 Å². The van der Waals surface area contributed by atoms with E-state index in [1.807, 2.05) is 20.8 Å². The van der Waals surface area contributed by atoms with E-state index in [-0.39, 0.29) is 17.6 Å². The van der Waals surface area contributed by atoms with Crippen molar-refractivity contribution >= 4 is 11.6 Å². The number of hydrogen-bond acceptors (Lipinski definition) is 2. The monoisotopic (exact) mass is 238 g/mol. The molecule has 1 rings (SSSR count). The van der Waals surface area contributed by atoms with Crippen LogP contribution in [0, 0.1) is 5.82 Å². The molecule has 1 aromatic carbocycles. The maximum absolute atomic E-state index is 12.9. The van der Waals surface area contributed by atoms with Crippen LogP contribution in [0.1, 0.15) is 37.6 Å². The molecule has 1 aromatic rings. The van der Waals surface area contributed by atoms with Crippen molar-refractivity contribution in [1.29, 1.82) is 0 Å². The van der Waals surface area contributed by atoms with Crippen LogP contribution in [0.25, 0.3) is 0 Å². The summed E-state index contributed by atoms with van der Waals surface area (Å²) in [7, 11) is 0. The van der Waals surface area contributed by atoms with Crippen LogP contribution in [-0.2, 0) is 0 Å². The zero-order valence-corrected chi connectivity index (χ0v) is 10.5. The number of halogens is 1. The van der Waals surface area contributed by atoms with Gasteiger partial charge in [0.2, 0.25) is 0 Å². The lowest BCUT2D eigenvalue weighted by Crippen LogP contribution is -2.37. The maximum atomic E-state index is 12.9. The minimum absolute atomic E-state index is 0.104. The predicted octanol–water partition coefficient (Wildman–Crippen LogP) is 2.67. The Labute approximate surface area is 101 Å². The van der Waals surface area contributed by atoms with Crippen LogP contribution in [0.15, 0.2) is 18.2 Å². The van der Waals surface area contributed by atoms with Crippen molar-refractivity contribution < 1.29 is 9.18 Å². The number of benzene rings is 1. The first-order valence-corrected chi connectivity index (χ1v) is 5.83. The van der Waals surface area contributed by atoms with Crippen molar-refractivity contribution in [3.05, 3.63) is 29.6 Å². The van der Waals surface area contributed by atoms with Crippen molar-refractivity contribution in [2.24, 2.45) is 0 Å². The van der Waals surface area contributed by atoms with Gasteiger partial charge in [-0.05, 0) is 38.5 Å². The summed E-state index contributed by atoms with van der Waals surface area (Å²) < 4.78 is 12.9. The Morgan fingerprint density at radius 2 is 2.12 bits per heavy atom. The standard InChI is InChI=1S/C13H19FN2O/c1-4-7-16(9(2)3)13(17)11-6-5-10(14)8-12(11)15/h5-6,8-9H,4,7,15H2,1-3H3. The van der Waals surface area contributed by atoms with E-state index in [9.17, 15) is 9.18 Å². The lowest BCUT2D eigenvalue weighted by Gasteiger charge is -2.26. The molecular weight excluding hydrogens is 219 g/mol. The second kappa shape index (κ2) is 5.66. The molecule has 0 spiro atoms. The highest BCUT2D eigenvalue weighted by atomic mass is 19.1. The molecule has 0 aliphatic heterocycles. The summed E-state index contributed by atoms with van der Waals surface area (Å²) in [5.41, 5.74) is 6.23. The van der Waals surface area contributed by atoms with Crippen LogP contribution in [0.3, 0.4) is 0 Å². The highest BCUT2D eigenvalue weighted by Gasteiger charge is 2.19. The van der Waals surface area contributed by atoms with Gasteiger partial charge in [-0.1, -0.05) is 6.92 Å². The second-order valence-corrected chi connectivity index (χ2v) is 4.32. The Kier molecular flexibility index (Phi) is 4.49. The smallest absolute Gasteiger partial charge is 0.256 e. The summed E-state index contributed by atoms with van der Waals surface area (Å²) >= 11 is 0. The molecule has 3 nitrogen and oxygen atoms in total. The van der Waals surface area contributed by atoms with Gasteiger partial charge in [0.25, 0.3) is 5.91 Å². The van der Waals surface area contributed by atoms with Gasteiger partial charge in [-0.25, -0.2) is 4.39 Å². The molecule has 0 atom stereocenters. The normalized spacial score (nSPS) is 10.6. The number of nitrogens with two attached hydrogens (primary N) is 1. The molecule has 0 unspecified atom stereocenters. The van der Waals surface area contributed by atoms with Crippen LogP contribution >= 0.6 is 0 Å². The molecule has 17 heavy (non-hydrogen) atoms. The van der Waals surface area contributed by atoms with E-state index in [2.05, 4.69) is 0 Å². The number of nitrogens with zero attached hydrogens (tertiary/aromatic N) is 1. The highest BCUT2D eigenvalue weighted by molar-refractivity contribution is 5.99. The molecule has 1 amide bonds. The van der Waals surface area contributed by atoms with Gasteiger partial charge in [0.15, 0.2) is 0 Å². The van der Waals surface area contributed by atoms with E-state index in [4.69, 9.17) is 5.73 Å². The topological polar surface area (TPSA) is 46.3 Å². The number of rotatable bonds is 4. The lowest BCUT2D eigenvalue weighted by molar-refractivity contribution is 0.0707. The summed E-state index contributed by atoms with van der Waals surface area (Å²) in [5.74, 6) is -0.565. The molecular formula is C13H19FN2O. The largest absolute Gasteiger partial charge is 0.398 e. The van der Waals surface area contributed by atoms with Gasteiger partial charge in [0.1, 0.15) is 5.82 Å². The van der Waals surface area contributed by atoms with Crippen LogP contribution in [-0.4, -0.2) is 23.4 Å². The molecule has 0 radical (unpaired) electrons. The SMILES string of the molecule is CCCN(C(=O)c1ccc(F)cc1N)C(C)C. The fraction of sp³-hybridized carbons (Fsp3) is 0.462. The fourth-order valence-corrected chi connectivity index (χ4v) is 1.72. The molecule has 0 fully saturated rings. The van der Waals surface area contributed by atoms with Crippen LogP contribution < -0.4 is 5.73 Å². The number of hydrogen-bond donors (Lipinski definition) is 1. The average molecular weight is 238 g/mol.